The molecule has 202 valence electrons. The monoisotopic (exact) mass is 555 g/mol. The van der Waals surface area contributed by atoms with Crippen molar-refractivity contribution in [2.45, 2.75) is 57.6 Å². The molecule has 0 heterocycles. The Hall–Kier alpha value is -3.36. The molecule has 0 radical (unpaired) electrons. The lowest BCUT2D eigenvalue weighted by Gasteiger charge is -2.34. The van der Waals surface area contributed by atoms with Crippen LogP contribution in [0.15, 0.2) is 83.8 Å². The number of benzene rings is 3. The van der Waals surface area contributed by atoms with Gasteiger partial charge in [0.2, 0.25) is 11.8 Å². The summed E-state index contributed by atoms with van der Waals surface area (Å²) >= 11 is 6.26. The van der Waals surface area contributed by atoms with E-state index in [1.807, 2.05) is 51.1 Å². The summed E-state index contributed by atoms with van der Waals surface area (Å²) in [5.74, 6) is -0.790. The molecule has 3 rings (SSSR count). The molecule has 0 aliphatic heterocycles. The molecule has 2 amide bonds. The van der Waals surface area contributed by atoms with Crippen molar-refractivity contribution >= 4 is 39.1 Å². The van der Waals surface area contributed by atoms with E-state index in [0.717, 1.165) is 9.87 Å². The predicted octanol–water partition coefficient (Wildman–Crippen LogP) is 5.18. The first-order valence-corrected chi connectivity index (χ1v) is 14.3. The minimum Gasteiger partial charge on any atom is -0.352 e. The third-order valence-electron chi connectivity index (χ3n) is 6.06. The maximum atomic E-state index is 14.0. The van der Waals surface area contributed by atoms with Crippen LogP contribution in [0.3, 0.4) is 0 Å². The molecule has 38 heavy (non-hydrogen) atoms. The van der Waals surface area contributed by atoms with Crippen molar-refractivity contribution in [3.63, 3.8) is 0 Å². The summed E-state index contributed by atoms with van der Waals surface area (Å²) < 4.78 is 28.8. The second-order valence-electron chi connectivity index (χ2n) is 9.35. The van der Waals surface area contributed by atoms with Crippen molar-refractivity contribution < 1.29 is 18.0 Å². The fourth-order valence-corrected chi connectivity index (χ4v) is 5.82. The molecular formula is C29H34ClN3O4S. The van der Waals surface area contributed by atoms with E-state index in [-0.39, 0.29) is 23.4 Å². The fraction of sp³-hybridized carbons (Fsp3) is 0.310. The highest BCUT2D eigenvalue weighted by Gasteiger charge is 2.34. The number of sulfonamides is 1. The van der Waals surface area contributed by atoms with Gasteiger partial charge in [-0.25, -0.2) is 8.42 Å². The topological polar surface area (TPSA) is 86.8 Å². The van der Waals surface area contributed by atoms with Gasteiger partial charge < -0.3 is 10.2 Å². The number of amides is 2. The van der Waals surface area contributed by atoms with E-state index < -0.39 is 28.5 Å². The van der Waals surface area contributed by atoms with Crippen LogP contribution in [0, 0.1) is 6.92 Å². The number of carbonyl (C=O) groups is 2. The molecule has 0 fully saturated rings. The Balaban J connectivity index is 2.08. The Bertz CT molecular complexity index is 1350. The largest absolute Gasteiger partial charge is 0.352 e. The van der Waals surface area contributed by atoms with Gasteiger partial charge in [0.05, 0.1) is 10.6 Å². The molecule has 0 saturated carbocycles. The number of carbonyl (C=O) groups excluding carboxylic acids is 2. The average Bonchev–Trinajstić information content (AvgIpc) is 2.89. The quantitative estimate of drug-likeness (QED) is 0.353. The van der Waals surface area contributed by atoms with Crippen molar-refractivity contribution in [3.05, 3.63) is 95.0 Å². The highest BCUT2D eigenvalue weighted by Crippen LogP contribution is 2.30. The van der Waals surface area contributed by atoms with Crippen LogP contribution in [0.4, 0.5) is 5.69 Å². The van der Waals surface area contributed by atoms with Gasteiger partial charge in [0.1, 0.15) is 12.6 Å². The van der Waals surface area contributed by atoms with Gasteiger partial charge >= 0.3 is 0 Å². The molecule has 1 atom stereocenters. The Morgan fingerprint density at radius 3 is 2.13 bits per heavy atom. The third kappa shape index (κ3) is 7.14. The number of hydrogen-bond donors (Lipinski definition) is 1. The molecular weight excluding hydrogens is 522 g/mol. The van der Waals surface area contributed by atoms with E-state index in [1.54, 1.807) is 37.3 Å². The molecule has 0 aliphatic carbocycles. The number of halogens is 1. The van der Waals surface area contributed by atoms with E-state index in [0.29, 0.717) is 22.7 Å². The Morgan fingerprint density at radius 2 is 1.55 bits per heavy atom. The van der Waals surface area contributed by atoms with Gasteiger partial charge in [-0.2, -0.15) is 0 Å². The van der Waals surface area contributed by atoms with Crippen LogP contribution >= 0.6 is 11.6 Å². The second kappa shape index (κ2) is 12.9. The number of nitrogens with one attached hydrogen (secondary N) is 1. The number of anilines is 1. The van der Waals surface area contributed by atoms with Crippen molar-refractivity contribution in [2.24, 2.45) is 0 Å². The zero-order valence-electron chi connectivity index (χ0n) is 22.1. The first kappa shape index (κ1) is 29.2. The molecule has 3 aromatic carbocycles. The van der Waals surface area contributed by atoms with E-state index in [4.69, 9.17) is 11.6 Å². The summed E-state index contributed by atoms with van der Waals surface area (Å²) in [6.45, 7) is 6.94. The lowest BCUT2D eigenvalue weighted by Crippen LogP contribution is -2.53. The summed E-state index contributed by atoms with van der Waals surface area (Å²) in [5, 5.41) is 3.23. The van der Waals surface area contributed by atoms with Crippen LogP contribution in [0.25, 0.3) is 0 Å². The van der Waals surface area contributed by atoms with E-state index in [2.05, 4.69) is 5.32 Å². The predicted molar refractivity (Wildman–Crippen MR) is 152 cm³/mol. The summed E-state index contributed by atoms with van der Waals surface area (Å²) in [5.41, 5.74) is 1.77. The fourth-order valence-electron chi connectivity index (χ4n) is 4.16. The standard InChI is InChI=1S/C29H34ClN3O4S/c1-5-26(29(35)31-21(2)3)32(19-23-12-8-6-9-13-23)28(34)20-33(27-18-24(30)17-16-22(27)4)38(36,37)25-14-10-7-11-15-25/h6-18,21,26H,5,19-20H2,1-4H3,(H,31,35). The molecule has 0 aromatic heterocycles. The van der Waals surface area contributed by atoms with Crippen LogP contribution < -0.4 is 9.62 Å². The van der Waals surface area contributed by atoms with Gasteiger partial charge in [0.15, 0.2) is 0 Å². The highest BCUT2D eigenvalue weighted by molar-refractivity contribution is 7.92. The van der Waals surface area contributed by atoms with Crippen LogP contribution in [0.1, 0.15) is 38.3 Å². The SMILES string of the molecule is CCC(C(=O)NC(C)C)N(Cc1ccccc1)C(=O)CN(c1cc(Cl)ccc1C)S(=O)(=O)c1ccccc1. The van der Waals surface area contributed by atoms with Crippen LogP contribution in [0.5, 0.6) is 0 Å². The molecule has 0 spiro atoms. The van der Waals surface area contributed by atoms with Gasteiger partial charge in [-0.15, -0.1) is 0 Å². The molecule has 0 bridgehead atoms. The molecule has 1 unspecified atom stereocenters. The zero-order chi connectivity index (χ0) is 27.9. The van der Waals surface area contributed by atoms with E-state index >= 15 is 0 Å². The zero-order valence-corrected chi connectivity index (χ0v) is 23.7. The van der Waals surface area contributed by atoms with Crippen molar-refractivity contribution in [1.29, 1.82) is 0 Å². The summed E-state index contributed by atoms with van der Waals surface area (Å²) in [4.78, 5) is 28.6. The third-order valence-corrected chi connectivity index (χ3v) is 8.07. The highest BCUT2D eigenvalue weighted by atomic mass is 35.5. The van der Waals surface area contributed by atoms with Gasteiger partial charge in [0, 0.05) is 17.6 Å². The summed E-state index contributed by atoms with van der Waals surface area (Å²) in [7, 11) is -4.14. The number of rotatable bonds is 11. The van der Waals surface area contributed by atoms with Gasteiger partial charge in [-0.05, 0) is 62.6 Å². The lowest BCUT2D eigenvalue weighted by atomic mass is 10.1. The Morgan fingerprint density at radius 1 is 0.947 bits per heavy atom. The maximum absolute atomic E-state index is 14.0. The second-order valence-corrected chi connectivity index (χ2v) is 11.6. The first-order valence-electron chi connectivity index (χ1n) is 12.5. The van der Waals surface area contributed by atoms with Gasteiger partial charge in [0.25, 0.3) is 10.0 Å². The lowest BCUT2D eigenvalue weighted by molar-refractivity contribution is -0.140. The van der Waals surface area contributed by atoms with Gasteiger partial charge in [-0.1, -0.05) is 73.1 Å². The molecule has 0 saturated heterocycles. The van der Waals surface area contributed by atoms with Gasteiger partial charge in [-0.3, -0.25) is 13.9 Å². The number of aryl methyl sites for hydroxylation is 1. The number of nitrogens with zero attached hydrogens (tertiary/aromatic N) is 2. The minimum absolute atomic E-state index is 0.0476. The normalized spacial score (nSPS) is 12.2. The van der Waals surface area contributed by atoms with Crippen LogP contribution in [-0.2, 0) is 26.2 Å². The van der Waals surface area contributed by atoms with Crippen LogP contribution in [0.2, 0.25) is 5.02 Å². The first-order chi connectivity index (χ1) is 18.0. The smallest absolute Gasteiger partial charge is 0.264 e. The number of hydrogen-bond acceptors (Lipinski definition) is 4. The maximum Gasteiger partial charge on any atom is 0.264 e. The molecule has 9 heteroatoms. The Kier molecular flexibility index (Phi) is 9.94. The minimum atomic E-state index is -4.14. The van der Waals surface area contributed by atoms with Crippen LogP contribution in [-0.4, -0.2) is 43.8 Å². The molecule has 0 aliphatic rings. The van der Waals surface area contributed by atoms with E-state index in [9.17, 15) is 18.0 Å². The molecule has 3 aromatic rings. The van der Waals surface area contributed by atoms with Crippen molar-refractivity contribution in [1.82, 2.24) is 10.2 Å². The summed E-state index contributed by atoms with van der Waals surface area (Å²) in [6, 6.07) is 21.3. The van der Waals surface area contributed by atoms with Crippen molar-refractivity contribution in [3.8, 4) is 0 Å². The van der Waals surface area contributed by atoms with E-state index in [1.165, 1.54) is 23.1 Å². The Labute approximate surface area is 230 Å². The van der Waals surface area contributed by atoms with Crippen molar-refractivity contribution in [2.75, 3.05) is 10.8 Å². The molecule has 1 N–H and O–H groups in total. The molecule has 7 nitrogen and oxygen atoms in total. The average molecular weight is 556 g/mol. The summed E-state index contributed by atoms with van der Waals surface area (Å²) in [6.07, 6.45) is 0.360.